The van der Waals surface area contributed by atoms with Crippen LogP contribution >= 0.6 is 11.6 Å². The smallest absolute Gasteiger partial charge is 0.213 e. The second-order valence-corrected chi connectivity index (χ2v) is 4.56. The zero-order chi connectivity index (χ0) is 11.3. The molecule has 0 aliphatic heterocycles. The Morgan fingerprint density at radius 2 is 2.00 bits per heavy atom. The van der Waals surface area contributed by atoms with Gasteiger partial charge in [-0.15, -0.1) is 0 Å². The summed E-state index contributed by atoms with van der Waals surface area (Å²) in [5.74, 6) is 0.567. The van der Waals surface area contributed by atoms with Gasteiger partial charge in [0.05, 0.1) is 17.2 Å². The summed E-state index contributed by atoms with van der Waals surface area (Å²) in [5, 5.41) is 0.605. The molecule has 0 saturated carbocycles. The fourth-order valence-electron chi connectivity index (χ4n) is 0.942. The van der Waals surface area contributed by atoms with Gasteiger partial charge < -0.3 is 9.47 Å². The first-order chi connectivity index (χ1) is 6.97. The van der Waals surface area contributed by atoms with E-state index in [9.17, 15) is 0 Å². The van der Waals surface area contributed by atoms with Crippen LogP contribution in [0.15, 0.2) is 18.3 Å². The van der Waals surface area contributed by atoms with Gasteiger partial charge in [-0.05, 0) is 26.8 Å². The fourth-order valence-corrected chi connectivity index (χ4v) is 1.05. The van der Waals surface area contributed by atoms with Crippen LogP contribution in [-0.2, 0) is 4.74 Å². The molecule has 0 amide bonds. The Labute approximate surface area is 95.4 Å². The first-order valence-electron chi connectivity index (χ1n) is 4.86. The molecule has 0 radical (unpaired) electrons. The van der Waals surface area contributed by atoms with Crippen LogP contribution in [-0.4, -0.2) is 23.8 Å². The van der Waals surface area contributed by atoms with Crippen molar-refractivity contribution in [3.8, 4) is 5.88 Å². The average molecular weight is 230 g/mol. The lowest BCUT2D eigenvalue weighted by Gasteiger charge is -2.19. The molecular formula is C11H16ClNO2. The Hall–Kier alpha value is -0.800. The highest BCUT2D eigenvalue weighted by Gasteiger charge is 2.09. The van der Waals surface area contributed by atoms with Gasteiger partial charge in [0, 0.05) is 12.3 Å². The largest absolute Gasteiger partial charge is 0.475 e. The van der Waals surface area contributed by atoms with Gasteiger partial charge in [-0.3, -0.25) is 0 Å². The Kier molecular flexibility index (Phi) is 4.36. The molecule has 15 heavy (non-hydrogen) atoms. The number of halogens is 1. The molecule has 4 heteroatoms. The molecule has 0 spiro atoms. The lowest BCUT2D eigenvalue weighted by atomic mass is 10.2. The van der Waals surface area contributed by atoms with Gasteiger partial charge in [-0.25, -0.2) is 4.98 Å². The maximum absolute atomic E-state index is 5.69. The Balaban J connectivity index is 2.23. The number of rotatable bonds is 4. The monoisotopic (exact) mass is 229 g/mol. The van der Waals surface area contributed by atoms with Crippen molar-refractivity contribution in [3.05, 3.63) is 23.4 Å². The molecular weight excluding hydrogens is 214 g/mol. The van der Waals surface area contributed by atoms with Crippen LogP contribution in [0.5, 0.6) is 5.88 Å². The average Bonchev–Trinajstić information content (AvgIpc) is 2.14. The van der Waals surface area contributed by atoms with Crippen molar-refractivity contribution < 1.29 is 9.47 Å². The fraction of sp³-hybridized carbons (Fsp3) is 0.545. The van der Waals surface area contributed by atoms with E-state index in [1.807, 2.05) is 20.8 Å². The summed E-state index contributed by atoms with van der Waals surface area (Å²) in [6, 6.07) is 3.48. The minimum Gasteiger partial charge on any atom is -0.475 e. The van der Waals surface area contributed by atoms with E-state index in [4.69, 9.17) is 21.1 Å². The number of aromatic nitrogens is 1. The van der Waals surface area contributed by atoms with Crippen LogP contribution in [0.25, 0.3) is 0 Å². The van der Waals surface area contributed by atoms with Gasteiger partial charge >= 0.3 is 0 Å². The molecule has 0 N–H and O–H groups in total. The van der Waals surface area contributed by atoms with Crippen molar-refractivity contribution in [3.63, 3.8) is 0 Å². The van der Waals surface area contributed by atoms with Gasteiger partial charge in [0.25, 0.3) is 0 Å². The number of hydrogen-bond donors (Lipinski definition) is 0. The van der Waals surface area contributed by atoms with Gasteiger partial charge in [0.2, 0.25) is 5.88 Å². The second-order valence-electron chi connectivity index (χ2n) is 4.12. The van der Waals surface area contributed by atoms with Crippen molar-refractivity contribution >= 4 is 11.6 Å². The molecule has 1 rings (SSSR count). The van der Waals surface area contributed by atoms with Crippen molar-refractivity contribution in [1.82, 2.24) is 4.98 Å². The maximum atomic E-state index is 5.69. The van der Waals surface area contributed by atoms with E-state index in [0.29, 0.717) is 24.1 Å². The van der Waals surface area contributed by atoms with Crippen molar-refractivity contribution in [2.24, 2.45) is 0 Å². The second kappa shape index (κ2) is 5.33. The first kappa shape index (κ1) is 12.3. The zero-order valence-electron chi connectivity index (χ0n) is 9.29. The summed E-state index contributed by atoms with van der Waals surface area (Å²) in [6.07, 6.45) is 1.56. The predicted octanol–water partition coefficient (Wildman–Crippen LogP) is 2.93. The van der Waals surface area contributed by atoms with E-state index in [1.165, 1.54) is 0 Å². The van der Waals surface area contributed by atoms with Gasteiger partial charge in [-0.1, -0.05) is 11.6 Å². The highest BCUT2D eigenvalue weighted by molar-refractivity contribution is 6.30. The Morgan fingerprint density at radius 3 is 2.53 bits per heavy atom. The molecule has 0 aliphatic rings. The molecule has 84 valence electrons. The molecule has 1 aromatic rings. The van der Waals surface area contributed by atoms with Gasteiger partial charge in [0.15, 0.2) is 0 Å². The summed E-state index contributed by atoms with van der Waals surface area (Å²) >= 11 is 5.69. The minimum atomic E-state index is -0.128. The number of hydrogen-bond acceptors (Lipinski definition) is 3. The molecule has 0 saturated heterocycles. The normalized spacial score (nSPS) is 11.5. The molecule has 1 aromatic heterocycles. The summed E-state index contributed by atoms with van der Waals surface area (Å²) in [4.78, 5) is 4.00. The molecule has 1 heterocycles. The summed E-state index contributed by atoms with van der Waals surface area (Å²) < 4.78 is 10.9. The van der Waals surface area contributed by atoms with Gasteiger partial charge in [0.1, 0.15) is 6.61 Å². The van der Waals surface area contributed by atoms with E-state index in [2.05, 4.69) is 4.98 Å². The van der Waals surface area contributed by atoms with Crippen LogP contribution in [0.1, 0.15) is 20.8 Å². The molecule has 0 bridgehead atoms. The van der Waals surface area contributed by atoms with E-state index < -0.39 is 0 Å². The SMILES string of the molecule is CC(C)(C)OCCOc1ccc(Cl)cn1. The molecule has 0 aromatic carbocycles. The third-order valence-corrected chi connectivity index (χ3v) is 1.79. The van der Waals surface area contributed by atoms with E-state index >= 15 is 0 Å². The van der Waals surface area contributed by atoms with Crippen LogP contribution in [0.2, 0.25) is 5.02 Å². The molecule has 3 nitrogen and oxygen atoms in total. The third-order valence-electron chi connectivity index (χ3n) is 1.57. The van der Waals surface area contributed by atoms with E-state index in [1.54, 1.807) is 18.3 Å². The maximum Gasteiger partial charge on any atom is 0.213 e. The Morgan fingerprint density at radius 1 is 1.27 bits per heavy atom. The Bertz CT molecular complexity index is 292. The summed E-state index contributed by atoms with van der Waals surface area (Å²) in [7, 11) is 0. The lowest BCUT2D eigenvalue weighted by Crippen LogP contribution is -2.22. The first-order valence-corrected chi connectivity index (χ1v) is 5.23. The highest BCUT2D eigenvalue weighted by atomic mass is 35.5. The van der Waals surface area contributed by atoms with Crippen LogP contribution < -0.4 is 4.74 Å². The number of nitrogens with zero attached hydrogens (tertiary/aromatic N) is 1. The summed E-state index contributed by atoms with van der Waals surface area (Å²) in [6.45, 7) is 7.06. The van der Waals surface area contributed by atoms with Crippen molar-refractivity contribution in [2.45, 2.75) is 26.4 Å². The predicted molar refractivity (Wildman–Crippen MR) is 60.4 cm³/mol. The summed E-state index contributed by atoms with van der Waals surface area (Å²) in [5.41, 5.74) is -0.128. The lowest BCUT2D eigenvalue weighted by molar-refractivity contribution is -0.0168. The van der Waals surface area contributed by atoms with E-state index in [-0.39, 0.29) is 5.60 Å². The van der Waals surface area contributed by atoms with Crippen LogP contribution in [0, 0.1) is 0 Å². The standard InChI is InChI=1S/C11H16ClNO2/c1-11(2,3)15-7-6-14-10-5-4-9(12)8-13-10/h4-5,8H,6-7H2,1-3H3. The van der Waals surface area contributed by atoms with Gasteiger partial charge in [-0.2, -0.15) is 0 Å². The molecule has 0 fully saturated rings. The van der Waals surface area contributed by atoms with E-state index in [0.717, 1.165) is 0 Å². The molecule has 0 unspecified atom stereocenters. The van der Waals surface area contributed by atoms with Crippen molar-refractivity contribution in [2.75, 3.05) is 13.2 Å². The topological polar surface area (TPSA) is 31.4 Å². The van der Waals surface area contributed by atoms with Crippen LogP contribution in [0.4, 0.5) is 0 Å². The zero-order valence-corrected chi connectivity index (χ0v) is 10.0. The molecule has 0 aliphatic carbocycles. The third kappa shape index (κ3) is 5.60. The highest BCUT2D eigenvalue weighted by Crippen LogP contribution is 2.11. The quantitative estimate of drug-likeness (QED) is 0.744. The number of pyridine rings is 1. The number of ether oxygens (including phenoxy) is 2. The minimum absolute atomic E-state index is 0.128. The van der Waals surface area contributed by atoms with Crippen LogP contribution in [0.3, 0.4) is 0 Å². The molecule has 0 atom stereocenters. The van der Waals surface area contributed by atoms with Crippen molar-refractivity contribution in [1.29, 1.82) is 0 Å².